The number of nitrogens with zero attached hydrogens (tertiary/aromatic N) is 1. The maximum Gasteiger partial charge on any atom is 0.246 e. The predicted octanol–water partition coefficient (Wildman–Crippen LogP) is 3.52. The lowest BCUT2D eigenvalue weighted by atomic mass is 10.2. The standard InChI is InChI=1S/C15H10ClF3N2O2/c16-9-1-4-12(22)8(5-9)6-20-7-13(23)21-11-3-2-10(17)14(18)15(11)19/h1-6,22H,7H2,(H,21,23). The molecule has 2 N–H and O–H groups in total. The molecule has 8 heteroatoms. The molecule has 0 aliphatic rings. The number of nitrogens with one attached hydrogen (secondary N) is 1. The van der Waals surface area contributed by atoms with Crippen LogP contribution in [0.25, 0.3) is 0 Å². The highest BCUT2D eigenvalue weighted by atomic mass is 35.5. The number of carbonyl (C=O) groups excluding carboxylic acids is 1. The number of anilines is 1. The maximum atomic E-state index is 13.4. The molecule has 0 saturated heterocycles. The summed E-state index contributed by atoms with van der Waals surface area (Å²) in [5.41, 5.74) is -0.195. The molecule has 23 heavy (non-hydrogen) atoms. The van der Waals surface area contributed by atoms with Crippen LogP contribution in [0.5, 0.6) is 5.75 Å². The van der Waals surface area contributed by atoms with Crippen LogP contribution in [0.4, 0.5) is 18.9 Å². The van der Waals surface area contributed by atoms with Gasteiger partial charge in [-0.2, -0.15) is 0 Å². The van der Waals surface area contributed by atoms with E-state index in [-0.39, 0.29) is 5.75 Å². The molecular formula is C15H10ClF3N2O2. The van der Waals surface area contributed by atoms with Crippen molar-refractivity contribution in [3.8, 4) is 5.75 Å². The Hall–Kier alpha value is -2.54. The van der Waals surface area contributed by atoms with Crippen LogP contribution in [-0.2, 0) is 4.79 Å². The minimum atomic E-state index is -1.67. The van der Waals surface area contributed by atoms with Gasteiger partial charge in [0.25, 0.3) is 0 Å². The van der Waals surface area contributed by atoms with Gasteiger partial charge in [-0.05, 0) is 30.3 Å². The number of hydrogen-bond donors (Lipinski definition) is 2. The molecule has 4 nitrogen and oxygen atoms in total. The van der Waals surface area contributed by atoms with Gasteiger partial charge in [-0.25, -0.2) is 13.2 Å². The molecule has 2 aromatic rings. The fourth-order valence-electron chi connectivity index (χ4n) is 1.67. The molecule has 1 amide bonds. The van der Waals surface area contributed by atoms with Crippen molar-refractivity contribution in [3.63, 3.8) is 0 Å². The highest BCUT2D eigenvalue weighted by molar-refractivity contribution is 6.30. The van der Waals surface area contributed by atoms with E-state index in [9.17, 15) is 23.1 Å². The van der Waals surface area contributed by atoms with E-state index in [0.29, 0.717) is 16.7 Å². The molecule has 0 aromatic heterocycles. The lowest BCUT2D eigenvalue weighted by Gasteiger charge is -2.05. The van der Waals surface area contributed by atoms with E-state index >= 15 is 0 Å². The van der Waals surface area contributed by atoms with Gasteiger partial charge >= 0.3 is 0 Å². The lowest BCUT2D eigenvalue weighted by molar-refractivity contribution is -0.114. The number of phenols is 1. The molecule has 0 aliphatic carbocycles. The van der Waals surface area contributed by atoms with Gasteiger partial charge in [0.15, 0.2) is 17.5 Å². The van der Waals surface area contributed by atoms with Gasteiger partial charge in [-0.1, -0.05) is 11.6 Å². The fourth-order valence-corrected chi connectivity index (χ4v) is 1.85. The number of aliphatic imine (C=N–C) groups is 1. The molecule has 2 aromatic carbocycles. The Balaban J connectivity index is 2.02. The number of carbonyl (C=O) groups is 1. The molecular weight excluding hydrogens is 333 g/mol. The Morgan fingerprint density at radius 2 is 1.96 bits per heavy atom. The summed E-state index contributed by atoms with van der Waals surface area (Å²) in [6.45, 7) is -0.412. The van der Waals surface area contributed by atoms with Crippen LogP contribution in [0.1, 0.15) is 5.56 Å². The molecule has 0 radical (unpaired) electrons. The second-order valence-electron chi connectivity index (χ2n) is 4.44. The van der Waals surface area contributed by atoms with Crippen LogP contribution in [0, 0.1) is 17.5 Å². The summed E-state index contributed by atoms with van der Waals surface area (Å²) < 4.78 is 39.2. The fraction of sp³-hybridized carbons (Fsp3) is 0.0667. The third-order valence-corrected chi connectivity index (χ3v) is 3.00. The van der Waals surface area contributed by atoms with Gasteiger partial charge in [0, 0.05) is 16.8 Å². The molecule has 0 atom stereocenters. The van der Waals surface area contributed by atoms with Crippen molar-refractivity contribution in [2.75, 3.05) is 11.9 Å². The van der Waals surface area contributed by atoms with Gasteiger partial charge < -0.3 is 10.4 Å². The van der Waals surface area contributed by atoms with Crippen molar-refractivity contribution in [3.05, 3.63) is 58.4 Å². The predicted molar refractivity (Wildman–Crippen MR) is 80.5 cm³/mol. The minimum absolute atomic E-state index is 0.0785. The lowest BCUT2D eigenvalue weighted by Crippen LogP contribution is -2.16. The van der Waals surface area contributed by atoms with Crippen molar-refractivity contribution in [2.24, 2.45) is 4.99 Å². The Kier molecular flexibility index (Phi) is 5.23. The Labute approximate surface area is 134 Å². The number of aromatic hydroxyl groups is 1. The van der Waals surface area contributed by atoms with E-state index in [4.69, 9.17) is 11.6 Å². The number of benzene rings is 2. The third-order valence-electron chi connectivity index (χ3n) is 2.76. The SMILES string of the molecule is O=C(CN=Cc1cc(Cl)ccc1O)Nc1ccc(F)c(F)c1F. The summed E-state index contributed by atoms with van der Waals surface area (Å²) in [6, 6.07) is 5.87. The molecule has 0 aliphatic heterocycles. The highest BCUT2D eigenvalue weighted by Gasteiger charge is 2.14. The first-order chi connectivity index (χ1) is 10.9. The summed E-state index contributed by atoms with van der Waals surface area (Å²) in [7, 11) is 0. The van der Waals surface area contributed by atoms with Gasteiger partial charge in [0.1, 0.15) is 12.3 Å². The average molecular weight is 343 g/mol. The van der Waals surface area contributed by atoms with Crippen LogP contribution < -0.4 is 5.32 Å². The van der Waals surface area contributed by atoms with Crippen LogP contribution in [0.2, 0.25) is 5.02 Å². The molecule has 0 heterocycles. The van der Waals surface area contributed by atoms with E-state index in [1.54, 1.807) is 0 Å². The normalized spacial score (nSPS) is 11.0. The Morgan fingerprint density at radius 1 is 1.22 bits per heavy atom. The van der Waals surface area contributed by atoms with Crippen molar-refractivity contribution in [2.45, 2.75) is 0 Å². The van der Waals surface area contributed by atoms with Gasteiger partial charge in [0.05, 0.1) is 5.69 Å². The Bertz CT molecular complexity index is 782. The van der Waals surface area contributed by atoms with Crippen LogP contribution in [-0.4, -0.2) is 23.8 Å². The third kappa shape index (κ3) is 4.23. The van der Waals surface area contributed by atoms with Gasteiger partial charge in [-0.15, -0.1) is 0 Å². The zero-order valence-corrected chi connectivity index (χ0v) is 12.2. The number of amides is 1. The molecule has 2 rings (SSSR count). The Morgan fingerprint density at radius 3 is 2.70 bits per heavy atom. The zero-order chi connectivity index (χ0) is 17.0. The topological polar surface area (TPSA) is 61.7 Å². The first-order valence-electron chi connectivity index (χ1n) is 6.30. The first kappa shape index (κ1) is 16.8. The number of phenolic OH excluding ortho intramolecular Hbond substituents is 1. The number of hydrogen-bond acceptors (Lipinski definition) is 3. The van der Waals surface area contributed by atoms with E-state index in [0.717, 1.165) is 6.07 Å². The van der Waals surface area contributed by atoms with Crippen molar-refractivity contribution >= 4 is 29.4 Å². The maximum absolute atomic E-state index is 13.4. The van der Waals surface area contributed by atoms with Crippen LogP contribution in [0.15, 0.2) is 35.3 Å². The minimum Gasteiger partial charge on any atom is -0.507 e. The molecule has 0 fully saturated rings. The largest absolute Gasteiger partial charge is 0.507 e. The van der Waals surface area contributed by atoms with E-state index in [2.05, 4.69) is 10.3 Å². The van der Waals surface area contributed by atoms with Crippen molar-refractivity contribution in [1.82, 2.24) is 0 Å². The zero-order valence-electron chi connectivity index (χ0n) is 11.5. The number of halogens is 4. The van der Waals surface area contributed by atoms with Crippen molar-refractivity contribution < 1.29 is 23.1 Å². The molecule has 0 saturated carbocycles. The summed E-state index contributed by atoms with van der Waals surface area (Å²) in [5, 5.41) is 12.0. The summed E-state index contributed by atoms with van der Waals surface area (Å²) in [4.78, 5) is 15.4. The molecule has 0 unspecified atom stereocenters. The molecule has 120 valence electrons. The van der Waals surface area contributed by atoms with Gasteiger partial charge in [-0.3, -0.25) is 9.79 Å². The highest BCUT2D eigenvalue weighted by Crippen LogP contribution is 2.20. The first-order valence-corrected chi connectivity index (χ1v) is 6.68. The molecule has 0 bridgehead atoms. The van der Waals surface area contributed by atoms with E-state index < -0.39 is 35.6 Å². The second kappa shape index (κ2) is 7.15. The van der Waals surface area contributed by atoms with Crippen molar-refractivity contribution in [1.29, 1.82) is 0 Å². The van der Waals surface area contributed by atoms with Crippen LogP contribution >= 0.6 is 11.6 Å². The summed E-state index contributed by atoms with van der Waals surface area (Å²) in [6.07, 6.45) is 1.21. The summed E-state index contributed by atoms with van der Waals surface area (Å²) in [5.74, 6) is -5.34. The monoisotopic (exact) mass is 342 g/mol. The molecule has 0 spiro atoms. The quantitative estimate of drug-likeness (QED) is 0.659. The smallest absolute Gasteiger partial charge is 0.246 e. The summed E-state index contributed by atoms with van der Waals surface area (Å²) >= 11 is 5.75. The average Bonchev–Trinajstić information content (AvgIpc) is 2.51. The van der Waals surface area contributed by atoms with Crippen LogP contribution in [0.3, 0.4) is 0 Å². The van der Waals surface area contributed by atoms with E-state index in [1.807, 2.05) is 0 Å². The van der Waals surface area contributed by atoms with Gasteiger partial charge in [0.2, 0.25) is 5.91 Å². The van der Waals surface area contributed by atoms with E-state index in [1.165, 1.54) is 24.4 Å². The second-order valence-corrected chi connectivity index (χ2v) is 4.88. The number of rotatable bonds is 4.